The lowest BCUT2D eigenvalue weighted by molar-refractivity contribution is -0.123. The van der Waals surface area contributed by atoms with Crippen molar-refractivity contribution in [2.24, 2.45) is 0 Å². The third-order valence-electron chi connectivity index (χ3n) is 11.6. The molecule has 0 aromatic heterocycles. The second kappa shape index (κ2) is 51.2. The van der Waals surface area contributed by atoms with Gasteiger partial charge in [0, 0.05) is 6.42 Å². The summed E-state index contributed by atoms with van der Waals surface area (Å²) in [7, 11) is 0. The van der Waals surface area contributed by atoms with Crippen LogP contribution < -0.4 is 5.32 Å². The summed E-state index contributed by atoms with van der Waals surface area (Å²) in [6, 6.07) is -0.654. The van der Waals surface area contributed by atoms with E-state index in [4.69, 9.17) is 0 Å². The van der Waals surface area contributed by atoms with Gasteiger partial charge in [-0.1, -0.05) is 241 Å². The molecule has 0 spiro atoms. The van der Waals surface area contributed by atoms with Gasteiger partial charge in [0.2, 0.25) is 5.91 Å². The summed E-state index contributed by atoms with van der Waals surface area (Å²) in [4.78, 5) is 12.4. The number of hydrogen-bond acceptors (Lipinski definition) is 3. The van der Waals surface area contributed by atoms with Crippen molar-refractivity contribution in [2.45, 2.75) is 270 Å². The van der Waals surface area contributed by atoms with Crippen LogP contribution >= 0.6 is 0 Å². The predicted octanol–water partition coefficient (Wildman–Crippen LogP) is 17.0. The molecule has 1 amide bonds. The number of aliphatic hydroxyl groups excluding tert-OH is 2. The van der Waals surface area contributed by atoms with Gasteiger partial charge in [-0.15, -0.1) is 0 Å². The number of allylic oxidation sites excluding steroid dienone is 11. The first-order valence-corrected chi connectivity index (χ1v) is 26.2. The summed E-state index contributed by atoms with van der Waals surface area (Å²) in [6.45, 7) is 4.29. The molecule has 0 aromatic rings. The molecule has 0 aliphatic rings. The average Bonchev–Trinajstić information content (AvgIpc) is 3.25. The normalized spacial score (nSPS) is 13.5. The van der Waals surface area contributed by atoms with E-state index >= 15 is 0 Å². The number of rotatable bonds is 47. The Bertz CT molecular complexity index is 1040. The molecule has 0 heterocycles. The Labute approximate surface area is 374 Å². The lowest BCUT2D eigenvalue weighted by atomic mass is 10.0. The van der Waals surface area contributed by atoms with E-state index in [1.54, 1.807) is 6.08 Å². The Hall–Kier alpha value is -2.17. The topological polar surface area (TPSA) is 69.6 Å². The summed E-state index contributed by atoms with van der Waals surface area (Å²) in [5.74, 6) is -0.0859. The molecule has 0 aliphatic heterocycles. The fraction of sp³-hybridized carbons (Fsp3) is 0.768. The molecule has 0 radical (unpaired) electrons. The zero-order chi connectivity index (χ0) is 43.5. The minimum atomic E-state index is -0.878. The summed E-state index contributed by atoms with van der Waals surface area (Å²) >= 11 is 0. The van der Waals surface area contributed by atoms with Crippen LogP contribution in [0.3, 0.4) is 0 Å². The highest BCUT2D eigenvalue weighted by molar-refractivity contribution is 5.76. The van der Waals surface area contributed by atoms with E-state index in [0.29, 0.717) is 6.42 Å². The van der Waals surface area contributed by atoms with Crippen LogP contribution in [0.15, 0.2) is 72.9 Å². The van der Waals surface area contributed by atoms with Crippen LogP contribution in [-0.4, -0.2) is 34.9 Å². The molecular weight excluding hydrogens is 735 g/mol. The van der Waals surface area contributed by atoms with Crippen molar-refractivity contribution >= 4 is 5.91 Å². The molecule has 60 heavy (non-hydrogen) atoms. The number of amides is 1. The summed E-state index contributed by atoms with van der Waals surface area (Å²) in [6.07, 6.45) is 73.3. The monoisotopic (exact) mass is 836 g/mol. The molecule has 0 saturated carbocycles. The van der Waals surface area contributed by atoms with Crippen LogP contribution in [0.25, 0.3) is 0 Å². The molecule has 0 saturated heterocycles. The first-order valence-electron chi connectivity index (χ1n) is 26.2. The van der Waals surface area contributed by atoms with Gasteiger partial charge in [0.1, 0.15) is 0 Å². The van der Waals surface area contributed by atoms with Crippen LogP contribution in [0.1, 0.15) is 258 Å². The van der Waals surface area contributed by atoms with E-state index in [1.807, 2.05) is 6.08 Å². The minimum absolute atomic E-state index is 0.0859. The van der Waals surface area contributed by atoms with Crippen LogP contribution in [-0.2, 0) is 4.79 Å². The van der Waals surface area contributed by atoms with Crippen LogP contribution in [0.5, 0.6) is 0 Å². The van der Waals surface area contributed by atoms with Crippen molar-refractivity contribution < 1.29 is 15.0 Å². The number of hydrogen-bond donors (Lipinski definition) is 3. The molecule has 2 atom stereocenters. The number of carbonyl (C=O) groups excluding carboxylic acids is 1. The molecule has 0 rings (SSSR count). The van der Waals surface area contributed by atoms with E-state index in [-0.39, 0.29) is 12.5 Å². The molecule has 4 nitrogen and oxygen atoms in total. The van der Waals surface area contributed by atoms with Gasteiger partial charge < -0.3 is 15.5 Å². The Kier molecular flexibility index (Phi) is 49.3. The molecule has 4 heteroatoms. The second-order valence-corrected chi connectivity index (χ2v) is 17.6. The van der Waals surface area contributed by atoms with Gasteiger partial charge in [-0.25, -0.2) is 0 Å². The SMILES string of the molecule is CCCCCCC/C=C\C/C=C\C/C=C\CCCCCCCCCCC(=O)NC(CO)C(O)/C=C/CC/C=C/CC/C=C/CCCCCCCCCCCCCCCCC. The Morgan fingerprint density at radius 2 is 0.700 bits per heavy atom. The van der Waals surface area contributed by atoms with Gasteiger partial charge in [0.25, 0.3) is 0 Å². The minimum Gasteiger partial charge on any atom is -0.394 e. The van der Waals surface area contributed by atoms with E-state index in [0.717, 1.165) is 57.8 Å². The maximum atomic E-state index is 12.4. The lowest BCUT2D eigenvalue weighted by Crippen LogP contribution is -2.45. The van der Waals surface area contributed by atoms with Gasteiger partial charge in [-0.3, -0.25) is 4.79 Å². The van der Waals surface area contributed by atoms with Crippen molar-refractivity contribution in [3.8, 4) is 0 Å². The lowest BCUT2D eigenvalue weighted by Gasteiger charge is -2.19. The van der Waals surface area contributed by atoms with E-state index < -0.39 is 12.1 Å². The van der Waals surface area contributed by atoms with Crippen LogP contribution in [0.4, 0.5) is 0 Å². The van der Waals surface area contributed by atoms with Gasteiger partial charge in [-0.05, 0) is 83.5 Å². The molecule has 0 bridgehead atoms. The molecule has 0 aromatic carbocycles. The van der Waals surface area contributed by atoms with Gasteiger partial charge in [-0.2, -0.15) is 0 Å². The van der Waals surface area contributed by atoms with Crippen LogP contribution in [0.2, 0.25) is 0 Å². The third-order valence-corrected chi connectivity index (χ3v) is 11.6. The highest BCUT2D eigenvalue weighted by Crippen LogP contribution is 2.15. The third kappa shape index (κ3) is 46.9. The summed E-state index contributed by atoms with van der Waals surface area (Å²) in [5, 5.41) is 23.1. The number of nitrogens with one attached hydrogen (secondary N) is 1. The Morgan fingerprint density at radius 1 is 0.400 bits per heavy atom. The largest absolute Gasteiger partial charge is 0.394 e. The maximum absolute atomic E-state index is 12.4. The summed E-state index contributed by atoms with van der Waals surface area (Å²) in [5.41, 5.74) is 0. The van der Waals surface area contributed by atoms with Crippen molar-refractivity contribution in [2.75, 3.05) is 6.61 Å². The van der Waals surface area contributed by atoms with Gasteiger partial charge in [0.15, 0.2) is 0 Å². The first kappa shape index (κ1) is 57.8. The molecule has 0 aliphatic carbocycles. The second-order valence-electron chi connectivity index (χ2n) is 17.6. The Morgan fingerprint density at radius 3 is 1.08 bits per heavy atom. The maximum Gasteiger partial charge on any atom is 0.220 e. The number of carbonyl (C=O) groups is 1. The highest BCUT2D eigenvalue weighted by atomic mass is 16.3. The average molecular weight is 836 g/mol. The van der Waals surface area contributed by atoms with E-state index in [2.05, 4.69) is 79.9 Å². The predicted molar refractivity (Wildman–Crippen MR) is 267 cm³/mol. The van der Waals surface area contributed by atoms with Crippen molar-refractivity contribution in [1.29, 1.82) is 0 Å². The Balaban J connectivity index is 3.63. The first-order chi connectivity index (χ1) is 29.7. The van der Waals surface area contributed by atoms with E-state index in [1.165, 1.54) is 180 Å². The molecule has 348 valence electrons. The fourth-order valence-electron chi connectivity index (χ4n) is 7.63. The zero-order valence-corrected chi connectivity index (χ0v) is 40.0. The van der Waals surface area contributed by atoms with E-state index in [9.17, 15) is 15.0 Å². The standard InChI is InChI=1S/C56H101NO3/c1-3-5-7-9-11-13-15-17-19-21-23-25-27-28-30-31-33-35-37-39-41-43-45-47-49-51-55(59)54(53-58)57-56(60)52-50-48-46-44-42-40-38-36-34-32-29-26-24-22-20-18-16-14-12-10-8-6-4-2/h16,18,22,24,29,32-33,35,41,43,49,51,54-55,58-59H,3-15,17,19-21,23,25-28,30-31,34,36-40,42,44-48,50,52-53H2,1-2H3,(H,57,60)/b18-16-,24-22-,32-29-,35-33+,43-41+,51-49+. The number of aliphatic hydroxyl groups is 2. The summed E-state index contributed by atoms with van der Waals surface area (Å²) < 4.78 is 0. The smallest absolute Gasteiger partial charge is 0.220 e. The van der Waals surface area contributed by atoms with Gasteiger partial charge >= 0.3 is 0 Å². The molecule has 0 fully saturated rings. The highest BCUT2D eigenvalue weighted by Gasteiger charge is 2.17. The quantitative estimate of drug-likeness (QED) is 0.0422. The van der Waals surface area contributed by atoms with Crippen molar-refractivity contribution in [1.82, 2.24) is 5.32 Å². The molecular formula is C56H101NO3. The molecule has 2 unspecified atom stereocenters. The number of unbranched alkanes of at least 4 members (excludes halogenated alkanes) is 30. The van der Waals surface area contributed by atoms with Crippen molar-refractivity contribution in [3.63, 3.8) is 0 Å². The molecule has 3 N–H and O–H groups in total. The van der Waals surface area contributed by atoms with Crippen molar-refractivity contribution in [3.05, 3.63) is 72.9 Å². The van der Waals surface area contributed by atoms with Gasteiger partial charge in [0.05, 0.1) is 18.8 Å². The fourth-order valence-corrected chi connectivity index (χ4v) is 7.63. The zero-order valence-electron chi connectivity index (χ0n) is 40.0. The van der Waals surface area contributed by atoms with Crippen LogP contribution in [0, 0.1) is 0 Å².